The first-order chi connectivity index (χ1) is 11.7. The summed E-state index contributed by atoms with van der Waals surface area (Å²) in [5.74, 6) is 0. The fourth-order valence-electron chi connectivity index (χ4n) is 3.74. The standard InChI is InChI=1S/C23H27NO/c1-16(18-7-8-19(15-25)24-14-18)12-17-6-9-20-21(13-17)23(4,5)11-10-22(20,2)3/h6-9,12-15H,10-11H2,1-5H3/b16-12+. The van der Waals surface area contributed by atoms with Crippen molar-refractivity contribution in [2.45, 2.75) is 58.3 Å². The lowest BCUT2D eigenvalue weighted by atomic mass is 9.63. The lowest BCUT2D eigenvalue weighted by Gasteiger charge is -2.42. The number of aromatic nitrogens is 1. The summed E-state index contributed by atoms with van der Waals surface area (Å²) in [6.07, 6.45) is 7.19. The Morgan fingerprint density at radius 2 is 1.68 bits per heavy atom. The Bertz CT molecular complexity index is 826. The highest BCUT2D eigenvalue weighted by molar-refractivity contribution is 5.81. The molecule has 1 heterocycles. The first-order valence-electron chi connectivity index (χ1n) is 8.98. The van der Waals surface area contributed by atoms with Crippen LogP contribution in [0.5, 0.6) is 0 Å². The van der Waals surface area contributed by atoms with Gasteiger partial charge in [-0.2, -0.15) is 0 Å². The lowest BCUT2D eigenvalue weighted by molar-refractivity contribution is 0.111. The molecule has 0 unspecified atom stereocenters. The molecule has 3 rings (SSSR count). The molecule has 1 aromatic heterocycles. The van der Waals surface area contributed by atoms with E-state index in [1.807, 2.05) is 6.07 Å². The molecule has 2 heteroatoms. The maximum atomic E-state index is 10.8. The fourth-order valence-corrected chi connectivity index (χ4v) is 3.74. The molecule has 0 aliphatic heterocycles. The highest BCUT2D eigenvalue weighted by Gasteiger charge is 2.36. The van der Waals surface area contributed by atoms with Gasteiger partial charge < -0.3 is 0 Å². The SMILES string of the molecule is C/C(=C\c1ccc2c(c1)C(C)(C)CCC2(C)C)c1ccc(C=O)nc1. The van der Waals surface area contributed by atoms with Gasteiger partial charge in [0.15, 0.2) is 6.29 Å². The third-order valence-corrected chi connectivity index (χ3v) is 5.62. The largest absolute Gasteiger partial charge is 0.296 e. The van der Waals surface area contributed by atoms with E-state index in [2.05, 4.69) is 63.9 Å². The minimum absolute atomic E-state index is 0.218. The van der Waals surface area contributed by atoms with Crippen LogP contribution in [0.4, 0.5) is 0 Å². The normalized spacial score (nSPS) is 18.5. The van der Waals surface area contributed by atoms with Crippen molar-refractivity contribution in [2.75, 3.05) is 0 Å². The Morgan fingerprint density at radius 3 is 2.28 bits per heavy atom. The minimum atomic E-state index is 0.218. The van der Waals surface area contributed by atoms with Crippen molar-refractivity contribution >= 4 is 17.9 Å². The highest BCUT2D eigenvalue weighted by Crippen LogP contribution is 2.46. The van der Waals surface area contributed by atoms with Crippen LogP contribution in [-0.2, 0) is 10.8 Å². The number of allylic oxidation sites excluding steroid dienone is 1. The molecule has 1 aliphatic rings. The van der Waals surface area contributed by atoms with Crippen LogP contribution in [0, 0.1) is 0 Å². The molecule has 130 valence electrons. The average molecular weight is 333 g/mol. The Balaban J connectivity index is 1.99. The van der Waals surface area contributed by atoms with Crippen molar-refractivity contribution in [1.29, 1.82) is 0 Å². The van der Waals surface area contributed by atoms with E-state index in [0.29, 0.717) is 5.69 Å². The summed E-state index contributed by atoms with van der Waals surface area (Å²) in [6, 6.07) is 10.6. The number of fused-ring (bicyclic) bond motifs is 1. The molecular weight excluding hydrogens is 306 g/mol. The first kappa shape index (κ1) is 17.6. The van der Waals surface area contributed by atoms with E-state index in [9.17, 15) is 4.79 Å². The smallest absolute Gasteiger partial charge is 0.168 e. The lowest BCUT2D eigenvalue weighted by Crippen LogP contribution is -2.33. The van der Waals surface area contributed by atoms with E-state index in [-0.39, 0.29) is 10.8 Å². The number of hydrogen-bond acceptors (Lipinski definition) is 2. The topological polar surface area (TPSA) is 30.0 Å². The van der Waals surface area contributed by atoms with E-state index < -0.39 is 0 Å². The number of nitrogens with zero attached hydrogens (tertiary/aromatic N) is 1. The number of carbonyl (C=O) groups excluding carboxylic acids is 1. The van der Waals surface area contributed by atoms with E-state index in [4.69, 9.17) is 0 Å². The molecule has 0 radical (unpaired) electrons. The van der Waals surface area contributed by atoms with Crippen LogP contribution in [0.3, 0.4) is 0 Å². The summed E-state index contributed by atoms with van der Waals surface area (Å²) in [6.45, 7) is 11.5. The monoisotopic (exact) mass is 333 g/mol. The molecule has 1 aromatic carbocycles. The number of benzene rings is 1. The summed E-state index contributed by atoms with van der Waals surface area (Å²) in [5, 5.41) is 0. The molecule has 2 nitrogen and oxygen atoms in total. The number of carbonyl (C=O) groups is 1. The van der Waals surface area contributed by atoms with E-state index in [0.717, 1.165) is 17.4 Å². The summed E-state index contributed by atoms with van der Waals surface area (Å²) in [7, 11) is 0. The molecule has 0 saturated carbocycles. The molecule has 0 saturated heterocycles. The van der Waals surface area contributed by atoms with Crippen molar-refractivity contribution in [3.63, 3.8) is 0 Å². The Labute approximate surface area is 151 Å². The number of rotatable bonds is 3. The Morgan fingerprint density at radius 1 is 1.00 bits per heavy atom. The number of hydrogen-bond donors (Lipinski definition) is 0. The van der Waals surface area contributed by atoms with Crippen molar-refractivity contribution in [2.24, 2.45) is 0 Å². The van der Waals surface area contributed by atoms with Gasteiger partial charge in [0.1, 0.15) is 5.69 Å². The summed E-state index contributed by atoms with van der Waals surface area (Å²) in [4.78, 5) is 14.9. The van der Waals surface area contributed by atoms with Gasteiger partial charge >= 0.3 is 0 Å². The molecule has 1 aliphatic carbocycles. The zero-order valence-corrected chi connectivity index (χ0v) is 15.9. The van der Waals surface area contributed by atoms with E-state index in [1.54, 1.807) is 12.3 Å². The van der Waals surface area contributed by atoms with Crippen LogP contribution in [-0.4, -0.2) is 11.3 Å². The highest BCUT2D eigenvalue weighted by atomic mass is 16.1. The van der Waals surface area contributed by atoms with Gasteiger partial charge in [-0.1, -0.05) is 58.0 Å². The van der Waals surface area contributed by atoms with Crippen molar-refractivity contribution in [1.82, 2.24) is 4.98 Å². The van der Waals surface area contributed by atoms with Crippen molar-refractivity contribution in [3.05, 3.63) is 64.5 Å². The summed E-state index contributed by atoms with van der Waals surface area (Å²) in [5.41, 5.74) is 7.30. The molecule has 0 spiro atoms. The predicted molar refractivity (Wildman–Crippen MR) is 105 cm³/mol. The van der Waals surface area contributed by atoms with Gasteiger partial charge in [0.2, 0.25) is 0 Å². The fraction of sp³-hybridized carbons (Fsp3) is 0.391. The molecular formula is C23H27NO. The van der Waals surface area contributed by atoms with E-state index in [1.165, 1.54) is 29.5 Å². The van der Waals surface area contributed by atoms with Gasteiger partial charge in [-0.3, -0.25) is 9.78 Å². The zero-order chi connectivity index (χ0) is 18.2. The summed E-state index contributed by atoms with van der Waals surface area (Å²) < 4.78 is 0. The van der Waals surface area contributed by atoms with Gasteiger partial charge in [0.05, 0.1) is 0 Å². The molecule has 0 bridgehead atoms. The second-order valence-electron chi connectivity index (χ2n) is 8.49. The molecule has 25 heavy (non-hydrogen) atoms. The van der Waals surface area contributed by atoms with Gasteiger partial charge in [-0.25, -0.2) is 0 Å². The minimum Gasteiger partial charge on any atom is -0.296 e. The summed E-state index contributed by atoms with van der Waals surface area (Å²) >= 11 is 0. The molecule has 0 amide bonds. The average Bonchev–Trinajstić information content (AvgIpc) is 2.59. The maximum absolute atomic E-state index is 10.8. The molecule has 2 aromatic rings. The van der Waals surface area contributed by atoms with Crippen LogP contribution >= 0.6 is 0 Å². The van der Waals surface area contributed by atoms with Gasteiger partial charge in [0, 0.05) is 6.20 Å². The number of aldehydes is 1. The molecule has 0 N–H and O–H groups in total. The molecule has 0 fully saturated rings. The maximum Gasteiger partial charge on any atom is 0.168 e. The Hall–Kier alpha value is -2.22. The van der Waals surface area contributed by atoms with Crippen molar-refractivity contribution < 1.29 is 4.79 Å². The third-order valence-electron chi connectivity index (χ3n) is 5.62. The van der Waals surface area contributed by atoms with Crippen molar-refractivity contribution in [3.8, 4) is 0 Å². The van der Waals surface area contributed by atoms with Crippen LogP contribution in [0.2, 0.25) is 0 Å². The quantitative estimate of drug-likeness (QED) is 0.664. The number of pyridine rings is 1. The second-order valence-corrected chi connectivity index (χ2v) is 8.49. The molecule has 0 atom stereocenters. The van der Waals surface area contributed by atoms with Gasteiger partial charge in [-0.05, 0) is 64.5 Å². The Kier molecular flexibility index (Phi) is 4.40. The zero-order valence-electron chi connectivity index (χ0n) is 15.9. The third kappa shape index (κ3) is 3.44. The van der Waals surface area contributed by atoms with Crippen LogP contribution < -0.4 is 0 Å². The van der Waals surface area contributed by atoms with Crippen LogP contribution in [0.15, 0.2) is 36.5 Å². The van der Waals surface area contributed by atoms with E-state index >= 15 is 0 Å². The first-order valence-corrected chi connectivity index (χ1v) is 8.98. The van der Waals surface area contributed by atoms with Crippen LogP contribution in [0.25, 0.3) is 11.6 Å². The van der Waals surface area contributed by atoms with Crippen LogP contribution in [0.1, 0.15) is 80.2 Å². The second kappa shape index (κ2) is 6.25. The van der Waals surface area contributed by atoms with Gasteiger partial charge in [0.25, 0.3) is 0 Å². The predicted octanol–water partition coefficient (Wildman–Crippen LogP) is 5.80. The van der Waals surface area contributed by atoms with Gasteiger partial charge in [-0.15, -0.1) is 0 Å².